The van der Waals surface area contributed by atoms with Gasteiger partial charge >= 0.3 is 11.0 Å². The van der Waals surface area contributed by atoms with Crippen molar-refractivity contribution in [1.82, 2.24) is 4.57 Å². The first-order valence-corrected chi connectivity index (χ1v) is 16.8. The Morgan fingerprint density at radius 3 is 2.36 bits per heavy atom. The summed E-state index contributed by atoms with van der Waals surface area (Å²) in [5, 5.41) is 8.70. The van der Waals surface area contributed by atoms with Crippen molar-refractivity contribution in [3.8, 4) is 0 Å². The molecule has 0 spiro atoms. The molecule has 3 unspecified atom stereocenters. The lowest BCUT2D eigenvalue weighted by Crippen LogP contribution is -2.32. The maximum Gasteiger partial charge on any atom is 0.416 e. The van der Waals surface area contributed by atoms with Crippen LogP contribution in [0.25, 0.3) is 0 Å². The van der Waals surface area contributed by atoms with Crippen molar-refractivity contribution < 1.29 is 36.0 Å². The van der Waals surface area contributed by atoms with E-state index in [9.17, 15) is 40.8 Å². The minimum absolute atomic E-state index is 0.154. The summed E-state index contributed by atoms with van der Waals surface area (Å²) in [6.07, 6.45) is -4.69. The van der Waals surface area contributed by atoms with Gasteiger partial charge in [-0.1, -0.05) is 35.2 Å². The molecule has 4 aromatic rings. The van der Waals surface area contributed by atoms with Crippen molar-refractivity contribution >= 4 is 73.6 Å². The number of sulfonamides is 1. The molecule has 2 aliphatic rings. The highest BCUT2D eigenvalue weighted by atomic mass is 32.2. The van der Waals surface area contributed by atoms with Gasteiger partial charge in [-0.15, -0.1) is 11.3 Å². The normalized spacial score (nSPS) is 20.0. The molecular formula is C27H19F3N4O6S4. The van der Waals surface area contributed by atoms with E-state index >= 15 is 0 Å². The molecule has 2 aromatic heterocycles. The molecule has 3 N–H and O–H groups in total. The van der Waals surface area contributed by atoms with Gasteiger partial charge < -0.3 is 5.32 Å². The summed E-state index contributed by atoms with van der Waals surface area (Å²) in [7, 11) is -3.94. The number of imide groups is 1. The van der Waals surface area contributed by atoms with Crippen LogP contribution in [0.5, 0.6) is 0 Å². The molecule has 4 heterocycles. The van der Waals surface area contributed by atoms with Crippen LogP contribution in [0.2, 0.25) is 0 Å². The van der Waals surface area contributed by atoms with Gasteiger partial charge in [0.15, 0.2) is 0 Å². The van der Waals surface area contributed by atoms with Gasteiger partial charge in [-0.3, -0.25) is 23.7 Å². The topological polar surface area (TPSA) is 149 Å². The Bertz CT molecular complexity index is 1970. The molecule has 1 fully saturated rings. The van der Waals surface area contributed by atoms with Crippen LogP contribution < -0.4 is 20.2 Å². The summed E-state index contributed by atoms with van der Waals surface area (Å²) < 4.78 is 64.5. The summed E-state index contributed by atoms with van der Waals surface area (Å²) in [6, 6.07) is 12.6. The number of aromatic nitrogens is 1. The summed E-state index contributed by atoms with van der Waals surface area (Å²) in [5.74, 6) is -3.75. The van der Waals surface area contributed by atoms with Crippen LogP contribution in [-0.4, -0.2) is 36.0 Å². The molecule has 0 saturated carbocycles. The van der Waals surface area contributed by atoms with Crippen molar-refractivity contribution in [3.05, 3.63) is 91.0 Å². The molecule has 0 aliphatic carbocycles. The maximum absolute atomic E-state index is 13.8. The smallest absolute Gasteiger partial charge is 0.325 e. The van der Waals surface area contributed by atoms with Gasteiger partial charge in [-0.05, 0) is 53.9 Å². The summed E-state index contributed by atoms with van der Waals surface area (Å²) in [6.45, 7) is -0.456. The third-order valence-electron chi connectivity index (χ3n) is 7.10. The van der Waals surface area contributed by atoms with E-state index < -0.39 is 68.0 Å². The van der Waals surface area contributed by atoms with Gasteiger partial charge in [0.25, 0.3) is 0 Å². The third kappa shape index (κ3) is 5.38. The summed E-state index contributed by atoms with van der Waals surface area (Å²) >= 11 is 3.07. The first-order valence-electron chi connectivity index (χ1n) is 12.7. The lowest BCUT2D eigenvalue weighted by atomic mass is 9.87. The largest absolute Gasteiger partial charge is 0.416 e. The molecule has 2 aliphatic heterocycles. The Balaban J connectivity index is 1.34. The number of carbonyl (C=O) groups excluding carboxylic acids is 3. The second kappa shape index (κ2) is 11.0. The number of primary sulfonamides is 1. The summed E-state index contributed by atoms with van der Waals surface area (Å²) in [5.41, 5.74) is -0.966. The number of halogens is 3. The number of nitrogens with zero attached hydrogens (tertiary/aromatic N) is 2. The molecule has 44 heavy (non-hydrogen) atoms. The van der Waals surface area contributed by atoms with Gasteiger partial charge in [0.1, 0.15) is 11.8 Å². The molecule has 2 aromatic carbocycles. The zero-order valence-electron chi connectivity index (χ0n) is 22.0. The van der Waals surface area contributed by atoms with Gasteiger partial charge in [-0.25, -0.2) is 18.5 Å². The Morgan fingerprint density at radius 2 is 1.73 bits per heavy atom. The minimum atomic E-state index is -4.69. The number of thioether (sulfide) groups is 1. The lowest BCUT2D eigenvalue weighted by molar-refractivity contribution is -0.137. The van der Waals surface area contributed by atoms with Gasteiger partial charge in [0.2, 0.25) is 27.7 Å². The van der Waals surface area contributed by atoms with Crippen LogP contribution in [0.3, 0.4) is 0 Å². The average molecular weight is 681 g/mol. The molecule has 228 valence electrons. The number of hydrogen-bond acceptors (Lipinski definition) is 9. The van der Waals surface area contributed by atoms with Gasteiger partial charge in [0, 0.05) is 21.4 Å². The van der Waals surface area contributed by atoms with Crippen LogP contribution >= 0.6 is 34.4 Å². The van der Waals surface area contributed by atoms with Crippen LogP contribution in [0.4, 0.5) is 24.5 Å². The van der Waals surface area contributed by atoms with Crippen LogP contribution in [0.1, 0.15) is 21.2 Å². The highest BCUT2D eigenvalue weighted by molar-refractivity contribution is 8.00. The highest BCUT2D eigenvalue weighted by Gasteiger charge is 2.57. The maximum atomic E-state index is 13.8. The number of alkyl halides is 3. The molecule has 17 heteroatoms. The third-order valence-corrected chi connectivity index (χ3v) is 11.6. The van der Waals surface area contributed by atoms with Crippen molar-refractivity contribution in [2.75, 3.05) is 10.2 Å². The Kier molecular flexibility index (Phi) is 7.56. The molecule has 0 bridgehead atoms. The van der Waals surface area contributed by atoms with Crippen LogP contribution in [0, 0.1) is 5.92 Å². The standard InChI is InChI=1S/C27H19F3N4O6S4/c28-27(29,30)13-3-1-4-15(11-13)34-23(36)20-19(17-5-2-10-41-17)22-25(42-21(20)24(34)37)33(26(38)43-22)12-18(35)32-14-6-8-16(9-7-14)44(31,39)40/h1-11,19-21H,12H2,(H,32,35)(H2,31,39,40). The van der Waals surface area contributed by atoms with Crippen molar-refractivity contribution in [2.24, 2.45) is 11.1 Å². The van der Waals surface area contributed by atoms with Crippen LogP contribution in [-0.2, 0) is 37.1 Å². The number of benzene rings is 2. The van der Waals surface area contributed by atoms with Crippen molar-refractivity contribution in [2.45, 2.75) is 33.8 Å². The van der Waals surface area contributed by atoms with E-state index in [0.717, 1.165) is 46.2 Å². The number of fused-ring (bicyclic) bond motifs is 2. The summed E-state index contributed by atoms with van der Waals surface area (Å²) in [4.78, 5) is 54.9. The Hall–Kier alpha value is -3.77. The fourth-order valence-electron chi connectivity index (χ4n) is 5.18. The van der Waals surface area contributed by atoms with E-state index in [1.165, 1.54) is 46.2 Å². The van der Waals surface area contributed by atoms with Gasteiger partial charge in [-0.2, -0.15) is 13.2 Å². The monoisotopic (exact) mass is 680 g/mol. The number of hydrogen-bond donors (Lipinski definition) is 2. The first kappa shape index (κ1) is 30.3. The molecule has 3 atom stereocenters. The van der Waals surface area contributed by atoms with Crippen molar-refractivity contribution in [3.63, 3.8) is 0 Å². The van der Waals surface area contributed by atoms with E-state index in [2.05, 4.69) is 5.32 Å². The first-order chi connectivity index (χ1) is 20.7. The number of thiophene rings is 1. The minimum Gasteiger partial charge on any atom is -0.325 e. The fourth-order valence-corrected chi connectivity index (χ4v) is 9.41. The fraction of sp³-hybridized carbons (Fsp3) is 0.185. The van der Waals surface area contributed by atoms with E-state index in [0.29, 0.717) is 14.8 Å². The Labute approximate surface area is 259 Å². The van der Waals surface area contributed by atoms with E-state index in [1.807, 2.05) is 0 Å². The SMILES string of the molecule is NS(=O)(=O)c1ccc(NC(=O)Cn2c3c(sc2=O)C(c2cccs2)C2C(=O)N(c4cccc(C(F)(F)F)c4)C(=O)C2S3)cc1. The van der Waals surface area contributed by atoms with Gasteiger partial charge in [0.05, 0.1) is 27.1 Å². The predicted molar refractivity (Wildman–Crippen MR) is 158 cm³/mol. The number of thiazole rings is 1. The van der Waals surface area contributed by atoms with Crippen LogP contribution in [0.15, 0.2) is 80.8 Å². The number of amides is 3. The molecule has 10 nitrogen and oxygen atoms in total. The van der Waals surface area contributed by atoms with E-state index in [-0.39, 0.29) is 16.3 Å². The molecule has 6 rings (SSSR count). The number of anilines is 2. The zero-order chi connectivity index (χ0) is 31.6. The van der Waals surface area contributed by atoms with Crippen molar-refractivity contribution in [1.29, 1.82) is 0 Å². The zero-order valence-corrected chi connectivity index (χ0v) is 25.2. The number of nitrogens with two attached hydrogens (primary N) is 1. The van der Waals surface area contributed by atoms with E-state index in [4.69, 9.17) is 5.14 Å². The molecule has 0 radical (unpaired) electrons. The number of nitrogens with one attached hydrogen (secondary N) is 1. The average Bonchev–Trinajstić information content (AvgIpc) is 3.65. The molecule has 3 amide bonds. The number of rotatable bonds is 6. The Morgan fingerprint density at radius 1 is 1.00 bits per heavy atom. The van der Waals surface area contributed by atoms with E-state index in [1.54, 1.807) is 17.5 Å². The molecule has 1 saturated heterocycles. The predicted octanol–water partition coefficient (Wildman–Crippen LogP) is 4.07. The second-order valence-corrected chi connectivity index (χ2v) is 14.5. The lowest BCUT2D eigenvalue weighted by Gasteiger charge is -2.29. The number of carbonyl (C=O) groups is 3. The quantitative estimate of drug-likeness (QED) is 0.292. The second-order valence-electron chi connectivity index (χ2n) is 9.86. The highest BCUT2D eigenvalue weighted by Crippen LogP contribution is 2.54. The molecular weight excluding hydrogens is 662 g/mol.